The van der Waals surface area contributed by atoms with Crippen LogP contribution in [0.25, 0.3) is 0 Å². The number of carbonyl (C=O) groups is 2. The van der Waals surface area contributed by atoms with E-state index in [4.69, 9.17) is 9.47 Å². The van der Waals surface area contributed by atoms with Crippen molar-refractivity contribution in [2.24, 2.45) is 0 Å². The monoisotopic (exact) mass is 311 g/mol. The molecule has 1 aromatic rings. The highest BCUT2D eigenvalue weighted by Crippen LogP contribution is 2.29. The SMILES string of the molecule is CSc1ccc(C(=O)O[C@@H]2C[C@@H](C)OC2=O)cc1[N+](=O)[O-]. The van der Waals surface area contributed by atoms with Gasteiger partial charge in [0.1, 0.15) is 6.10 Å². The molecule has 0 aromatic heterocycles. The van der Waals surface area contributed by atoms with Gasteiger partial charge in [-0.2, -0.15) is 0 Å². The van der Waals surface area contributed by atoms with Crippen molar-refractivity contribution in [3.05, 3.63) is 33.9 Å². The summed E-state index contributed by atoms with van der Waals surface area (Å²) in [5.41, 5.74) is -0.133. The Labute approximate surface area is 124 Å². The zero-order valence-electron chi connectivity index (χ0n) is 11.4. The van der Waals surface area contributed by atoms with Crippen molar-refractivity contribution in [2.75, 3.05) is 6.26 Å². The van der Waals surface area contributed by atoms with Crippen LogP contribution in [-0.2, 0) is 14.3 Å². The highest BCUT2D eigenvalue weighted by atomic mass is 32.2. The molecular weight excluding hydrogens is 298 g/mol. The number of nitro groups is 1. The van der Waals surface area contributed by atoms with Crippen molar-refractivity contribution >= 4 is 29.4 Å². The van der Waals surface area contributed by atoms with Crippen LogP contribution in [0.2, 0.25) is 0 Å². The number of nitro benzene ring substituents is 1. The van der Waals surface area contributed by atoms with Crippen molar-refractivity contribution < 1.29 is 24.0 Å². The van der Waals surface area contributed by atoms with Crippen LogP contribution in [0.3, 0.4) is 0 Å². The molecule has 0 N–H and O–H groups in total. The first-order valence-corrected chi connectivity index (χ1v) is 7.38. The van der Waals surface area contributed by atoms with Crippen molar-refractivity contribution in [3.8, 4) is 0 Å². The molecule has 2 rings (SSSR count). The number of ether oxygens (including phenoxy) is 2. The number of carbonyl (C=O) groups excluding carboxylic acids is 2. The molecule has 112 valence electrons. The number of hydrogen-bond donors (Lipinski definition) is 0. The van der Waals surface area contributed by atoms with Crippen LogP contribution >= 0.6 is 11.8 Å². The van der Waals surface area contributed by atoms with E-state index in [0.29, 0.717) is 4.90 Å². The van der Waals surface area contributed by atoms with Crippen molar-refractivity contribution in [1.29, 1.82) is 0 Å². The quantitative estimate of drug-likeness (QED) is 0.364. The average molecular weight is 311 g/mol. The molecule has 1 aliphatic rings. The maximum absolute atomic E-state index is 12.0. The van der Waals surface area contributed by atoms with Crippen LogP contribution in [0.1, 0.15) is 23.7 Å². The van der Waals surface area contributed by atoms with Gasteiger partial charge in [-0.05, 0) is 25.3 Å². The largest absolute Gasteiger partial charge is 0.460 e. The van der Waals surface area contributed by atoms with E-state index in [-0.39, 0.29) is 23.8 Å². The number of thioether (sulfide) groups is 1. The molecule has 0 bridgehead atoms. The van der Waals surface area contributed by atoms with Gasteiger partial charge in [-0.15, -0.1) is 11.8 Å². The lowest BCUT2D eigenvalue weighted by Gasteiger charge is -2.08. The van der Waals surface area contributed by atoms with E-state index in [9.17, 15) is 19.7 Å². The van der Waals surface area contributed by atoms with Gasteiger partial charge >= 0.3 is 11.9 Å². The third kappa shape index (κ3) is 3.33. The Morgan fingerprint density at radius 1 is 1.52 bits per heavy atom. The number of rotatable bonds is 4. The van der Waals surface area contributed by atoms with Crippen LogP contribution in [0, 0.1) is 10.1 Å². The molecule has 8 heteroatoms. The summed E-state index contributed by atoms with van der Waals surface area (Å²) < 4.78 is 9.93. The molecule has 0 unspecified atom stereocenters. The molecule has 0 saturated carbocycles. The second kappa shape index (κ2) is 6.13. The first-order chi connectivity index (χ1) is 9.92. The minimum absolute atomic E-state index is 0.0341. The van der Waals surface area contributed by atoms with Crippen LogP contribution in [0.5, 0.6) is 0 Å². The lowest BCUT2D eigenvalue weighted by molar-refractivity contribution is -0.387. The minimum Gasteiger partial charge on any atom is -0.460 e. The van der Waals surface area contributed by atoms with Gasteiger partial charge in [0.05, 0.1) is 15.4 Å². The average Bonchev–Trinajstić information content (AvgIpc) is 2.75. The first-order valence-electron chi connectivity index (χ1n) is 6.16. The second-order valence-electron chi connectivity index (χ2n) is 4.52. The molecule has 1 aliphatic heterocycles. The molecule has 1 aromatic carbocycles. The molecule has 0 spiro atoms. The Balaban J connectivity index is 2.18. The Bertz CT molecular complexity index is 602. The van der Waals surface area contributed by atoms with Crippen molar-refractivity contribution in [1.82, 2.24) is 0 Å². The van der Waals surface area contributed by atoms with Crippen LogP contribution in [0.15, 0.2) is 23.1 Å². The van der Waals surface area contributed by atoms with E-state index in [1.807, 2.05) is 0 Å². The van der Waals surface area contributed by atoms with Gasteiger partial charge in [-0.3, -0.25) is 10.1 Å². The highest BCUT2D eigenvalue weighted by Gasteiger charge is 2.35. The molecule has 1 fully saturated rings. The van der Waals surface area contributed by atoms with E-state index >= 15 is 0 Å². The van der Waals surface area contributed by atoms with E-state index in [1.54, 1.807) is 13.2 Å². The maximum Gasteiger partial charge on any atom is 0.347 e. The molecule has 1 heterocycles. The number of esters is 2. The highest BCUT2D eigenvalue weighted by molar-refractivity contribution is 7.98. The van der Waals surface area contributed by atoms with Gasteiger partial charge < -0.3 is 9.47 Å². The van der Waals surface area contributed by atoms with Crippen molar-refractivity contribution in [2.45, 2.75) is 30.4 Å². The van der Waals surface area contributed by atoms with Crippen molar-refractivity contribution in [3.63, 3.8) is 0 Å². The van der Waals surface area contributed by atoms with Gasteiger partial charge in [0.25, 0.3) is 5.69 Å². The summed E-state index contributed by atoms with van der Waals surface area (Å²) in [4.78, 5) is 34.2. The summed E-state index contributed by atoms with van der Waals surface area (Å²) in [6, 6.07) is 4.07. The number of nitrogens with zero attached hydrogens (tertiary/aromatic N) is 1. The molecule has 2 atom stereocenters. The summed E-state index contributed by atoms with van der Waals surface area (Å²) in [6.07, 6.45) is 0.738. The normalized spacial score (nSPS) is 21.0. The van der Waals surface area contributed by atoms with Gasteiger partial charge in [0, 0.05) is 12.5 Å². The van der Waals surface area contributed by atoms with E-state index < -0.39 is 23.0 Å². The molecule has 0 amide bonds. The Hall–Kier alpha value is -2.09. The van der Waals surface area contributed by atoms with Crippen LogP contribution < -0.4 is 0 Å². The van der Waals surface area contributed by atoms with Gasteiger partial charge in [0.2, 0.25) is 6.10 Å². The lowest BCUT2D eigenvalue weighted by atomic mass is 10.2. The molecule has 21 heavy (non-hydrogen) atoms. The predicted octanol–water partition coefficient (Wildman–Crippen LogP) is 2.18. The fourth-order valence-electron chi connectivity index (χ4n) is 1.97. The predicted molar refractivity (Wildman–Crippen MR) is 74.3 cm³/mol. The third-order valence-electron chi connectivity index (χ3n) is 2.99. The first kappa shape index (κ1) is 15.3. The second-order valence-corrected chi connectivity index (χ2v) is 5.37. The summed E-state index contributed by atoms with van der Waals surface area (Å²) in [5.74, 6) is -1.37. The molecule has 1 saturated heterocycles. The summed E-state index contributed by atoms with van der Waals surface area (Å²) >= 11 is 1.21. The standard InChI is InChI=1S/C13H13NO6S/c1-7-5-10(13(16)19-7)20-12(15)8-3-4-11(21-2)9(6-8)14(17)18/h3-4,6-7,10H,5H2,1-2H3/t7-,10-/m1/s1. The maximum atomic E-state index is 12.0. The lowest BCUT2D eigenvalue weighted by Crippen LogP contribution is -2.22. The van der Waals surface area contributed by atoms with Crippen LogP contribution in [0.4, 0.5) is 5.69 Å². The molecule has 0 radical (unpaired) electrons. The molecule has 0 aliphatic carbocycles. The number of hydrogen-bond acceptors (Lipinski definition) is 7. The Morgan fingerprint density at radius 2 is 2.24 bits per heavy atom. The van der Waals surface area contributed by atoms with Gasteiger partial charge in [0.15, 0.2) is 0 Å². The Morgan fingerprint density at radius 3 is 2.76 bits per heavy atom. The zero-order chi connectivity index (χ0) is 15.6. The van der Waals surface area contributed by atoms with E-state index in [2.05, 4.69) is 0 Å². The zero-order valence-corrected chi connectivity index (χ0v) is 12.2. The molecular formula is C13H13NO6S. The molecule has 7 nitrogen and oxygen atoms in total. The fourth-order valence-corrected chi connectivity index (χ4v) is 2.52. The Kier molecular flexibility index (Phi) is 4.46. The number of cyclic esters (lactones) is 1. The minimum atomic E-state index is -0.952. The summed E-state index contributed by atoms with van der Waals surface area (Å²) in [6.45, 7) is 1.70. The fraction of sp³-hybridized carbons (Fsp3) is 0.385. The van der Waals surface area contributed by atoms with E-state index in [0.717, 1.165) is 6.07 Å². The summed E-state index contributed by atoms with van der Waals surface area (Å²) in [7, 11) is 0. The van der Waals surface area contributed by atoms with Crippen LogP contribution in [-0.4, -0.2) is 35.3 Å². The third-order valence-corrected chi connectivity index (χ3v) is 3.77. The smallest absolute Gasteiger partial charge is 0.347 e. The number of benzene rings is 1. The summed E-state index contributed by atoms with van der Waals surface area (Å²) in [5, 5.41) is 11.0. The van der Waals surface area contributed by atoms with Gasteiger partial charge in [-0.1, -0.05) is 0 Å². The van der Waals surface area contributed by atoms with E-state index in [1.165, 1.54) is 23.9 Å². The topological polar surface area (TPSA) is 95.7 Å². The van der Waals surface area contributed by atoms with Gasteiger partial charge in [-0.25, -0.2) is 9.59 Å².